The van der Waals surface area contributed by atoms with Gasteiger partial charge >= 0.3 is 0 Å². The van der Waals surface area contributed by atoms with Gasteiger partial charge in [-0.05, 0) is 32.2 Å². The molecule has 0 aromatic heterocycles. The van der Waals surface area contributed by atoms with Gasteiger partial charge in [-0.25, -0.2) is 0 Å². The number of aliphatic hydroxyl groups excluding tert-OH is 6. The molecule has 4 aliphatic rings. The largest absolute Gasteiger partial charge is 0.394 e. The number of nitrogens with one attached hydrogen (secondary N) is 1. The van der Waals surface area contributed by atoms with E-state index in [1.807, 2.05) is 13.8 Å². The summed E-state index contributed by atoms with van der Waals surface area (Å²) in [5.74, 6) is -0.160. The minimum Gasteiger partial charge on any atom is -0.394 e. The quantitative estimate of drug-likeness (QED) is 0.111. The molecule has 3 aliphatic heterocycles. The molecule has 4 rings (SSSR count). The zero-order valence-electron chi connectivity index (χ0n) is 24.3. The highest BCUT2D eigenvalue weighted by atomic mass is 16.8. The first-order chi connectivity index (χ1) is 19.9. The summed E-state index contributed by atoms with van der Waals surface area (Å²) >= 11 is 0. The minimum atomic E-state index is -1.48. The van der Waals surface area contributed by atoms with Crippen LogP contribution in [0.15, 0.2) is 0 Å². The third-order valence-corrected chi connectivity index (χ3v) is 8.96. The zero-order chi connectivity index (χ0) is 30.9. The molecule has 4 fully saturated rings. The molecule has 42 heavy (non-hydrogen) atoms. The van der Waals surface area contributed by atoms with Crippen LogP contribution in [0.4, 0.5) is 0 Å². The van der Waals surface area contributed by atoms with Gasteiger partial charge in [-0.2, -0.15) is 0 Å². The highest BCUT2D eigenvalue weighted by Gasteiger charge is 2.53. The van der Waals surface area contributed by atoms with Crippen molar-refractivity contribution in [1.82, 2.24) is 5.32 Å². The molecule has 2 unspecified atom stereocenters. The summed E-state index contributed by atoms with van der Waals surface area (Å²) in [5, 5.41) is 66.4. The summed E-state index contributed by atoms with van der Waals surface area (Å²) in [7, 11) is 1.71. The van der Waals surface area contributed by atoms with Crippen molar-refractivity contribution >= 4 is 0 Å². The first-order valence-electron chi connectivity index (χ1n) is 14.8. The van der Waals surface area contributed by atoms with Crippen LogP contribution in [-0.4, -0.2) is 155 Å². The summed E-state index contributed by atoms with van der Waals surface area (Å²) in [5.41, 5.74) is 17.9. The van der Waals surface area contributed by atoms with Crippen LogP contribution in [0.2, 0.25) is 0 Å². The maximum Gasteiger partial charge on any atom is 0.187 e. The van der Waals surface area contributed by atoms with E-state index in [4.69, 9.17) is 45.6 Å². The van der Waals surface area contributed by atoms with E-state index in [0.717, 1.165) is 0 Å². The first kappa shape index (κ1) is 34.2. The Labute approximate surface area is 245 Å². The second-order valence-corrected chi connectivity index (χ2v) is 11.9. The number of aliphatic hydroxyl groups is 6. The molecule has 0 bridgehead atoms. The van der Waals surface area contributed by atoms with Crippen molar-refractivity contribution in [2.75, 3.05) is 20.2 Å². The van der Waals surface area contributed by atoms with Gasteiger partial charge in [0.2, 0.25) is 0 Å². The fourth-order valence-electron chi connectivity index (χ4n) is 6.35. The van der Waals surface area contributed by atoms with Crippen molar-refractivity contribution in [2.45, 2.75) is 137 Å². The Kier molecular flexibility index (Phi) is 11.9. The van der Waals surface area contributed by atoms with Gasteiger partial charge in [-0.15, -0.1) is 0 Å². The van der Waals surface area contributed by atoms with Gasteiger partial charge in [0, 0.05) is 12.6 Å². The van der Waals surface area contributed by atoms with Crippen LogP contribution in [0.25, 0.3) is 0 Å². The maximum atomic E-state index is 11.3. The Morgan fingerprint density at radius 2 is 1.38 bits per heavy atom. The van der Waals surface area contributed by atoms with Crippen LogP contribution < -0.4 is 22.5 Å². The van der Waals surface area contributed by atoms with Crippen molar-refractivity contribution in [1.29, 1.82) is 0 Å². The molecule has 1 saturated carbocycles. The van der Waals surface area contributed by atoms with Crippen LogP contribution in [0.5, 0.6) is 0 Å². The third-order valence-electron chi connectivity index (χ3n) is 8.96. The summed E-state index contributed by atoms with van der Waals surface area (Å²) in [6.07, 6.45) is -13.7. The van der Waals surface area contributed by atoms with Crippen LogP contribution in [0.3, 0.4) is 0 Å². The fraction of sp³-hybridized carbons (Fsp3) is 1.00. The van der Waals surface area contributed by atoms with Gasteiger partial charge in [0.05, 0.1) is 43.1 Å². The van der Waals surface area contributed by atoms with Crippen molar-refractivity contribution < 1.29 is 59.1 Å². The molecule has 16 heteroatoms. The van der Waals surface area contributed by atoms with E-state index in [9.17, 15) is 30.6 Å². The standard InChI is InChI=1S/C26H50N4O12/c1-4-13-12(32)6-10(28)24(37-13)40-21-9(2)5-11(30-3)17(33)23(21)42-26-20(36)22(15(8-31)39-26)41-25-16(29)19(35)18(34)14(7-27)38-25/h9-26,30-36H,4-8,27-29H2,1-3H3/t9-,10?,11+,12-,13+,14-,15+,16?,17-,18+,19+,20+,21+,22+,23+,24+,25+,26-/m0/s1. The lowest BCUT2D eigenvalue weighted by atomic mass is 9.80. The van der Waals surface area contributed by atoms with Crippen LogP contribution >= 0.6 is 0 Å². The van der Waals surface area contributed by atoms with Crippen LogP contribution in [-0.2, 0) is 28.4 Å². The first-order valence-corrected chi connectivity index (χ1v) is 14.8. The lowest BCUT2D eigenvalue weighted by molar-refractivity contribution is -0.302. The zero-order valence-corrected chi connectivity index (χ0v) is 24.3. The Morgan fingerprint density at radius 1 is 0.762 bits per heavy atom. The molecule has 246 valence electrons. The molecule has 1 aliphatic carbocycles. The van der Waals surface area contributed by atoms with Crippen LogP contribution in [0, 0.1) is 5.92 Å². The average molecular weight is 611 g/mol. The normalized spacial score (nSPS) is 52.0. The third kappa shape index (κ3) is 6.94. The van der Waals surface area contributed by atoms with Crippen molar-refractivity contribution in [3.05, 3.63) is 0 Å². The number of ether oxygens (including phenoxy) is 6. The highest BCUT2D eigenvalue weighted by Crippen LogP contribution is 2.36. The average Bonchev–Trinajstić information content (AvgIpc) is 3.27. The predicted octanol–water partition coefficient (Wildman–Crippen LogP) is -4.85. The molecule has 0 aromatic carbocycles. The lowest BCUT2D eigenvalue weighted by Gasteiger charge is -2.47. The van der Waals surface area contributed by atoms with Gasteiger partial charge in [-0.1, -0.05) is 13.8 Å². The van der Waals surface area contributed by atoms with E-state index in [1.165, 1.54) is 0 Å². The highest BCUT2D eigenvalue weighted by molar-refractivity contribution is 5.00. The molecule has 0 radical (unpaired) electrons. The Hall–Kier alpha value is -0.640. The summed E-state index contributed by atoms with van der Waals surface area (Å²) in [6.45, 7) is 3.13. The minimum absolute atomic E-state index is 0.123. The van der Waals surface area contributed by atoms with Gasteiger partial charge in [-0.3, -0.25) is 0 Å². The molecule has 0 amide bonds. The summed E-state index contributed by atoms with van der Waals surface area (Å²) < 4.78 is 35.8. The topological polar surface area (TPSA) is 267 Å². The van der Waals surface area contributed by atoms with Crippen molar-refractivity contribution in [3.63, 3.8) is 0 Å². The molecule has 18 atom stereocenters. The number of hydrogen-bond acceptors (Lipinski definition) is 16. The predicted molar refractivity (Wildman–Crippen MR) is 144 cm³/mol. The molecule has 0 spiro atoms. The van der Waals surface area contributed by atoms with Gasteiger partial charge in [0.25, 0.3) is 0 Å². The summed E-state index contributed by atoms with van der Waals surface area (Å²) in [6, 6.07) is -2.18. The second-order valence-electron chi connectivity index (χ2n) is 11.9. The second kappa shape index (κ2) is 14.6. The molecule has 3 heterocycles. The van der Waals surface area contributed by atoms with E-state index < -0.39 is 105 Å². The maximum absolute atomic E-state index is 11.3. The molecule has 16 nitrogen and oxygen atoms in total. The lowest BCUT2D eigenvalue weighted by Crippen LogP contribution is -2.64. The smallest absolute Gasteiger partial charge is 0.187 e. The van der Waals surface area contributed by atoms with E-state index in [1.54, 1.807) is 7.05 Å². The summed E-state index contributed by atoms with van der Waals surface area (Å²) in [4.78, 5) is 0. The molecular weight excluding hydrogens is 560 g/mol. The molecule has 0 aromatic rings. The molecular formula is C26H50N4O12. The number of nitrogens with two attached hydrogens (primary N) is 3. The SMILES string of the molecule is CC[C@H]1O[C@H](O[C@H]2[C@H](O[C@@H]3O[C@H](CO)[C@@H](O[C@H]4O[C@@H](CN)[C@@H](O)[C@H](O)C4N)[C@H]3O)[C@@H](O)[C@H](NC)C[C@@H]2C)C(N)C[C@@H]1O. The van der Waals surface area contributed by atoms with Crippen molar-refractivity contribution in [2.24, 2.45) is 23.1 Å². The Bertz CT molecular complexity index is 849. The molecule has 13 N–H and O–H groups in total. The Morgan fingerprint density at radius 3 is 2.00 bits per heavy atom. The van der Waals surface area contributed by atoms with Gasteiger partial charge in [0.1, 0.15) is 42.7 Å². The number of likely N-dealkylation sites (N-methyl/N-ethyl adjacent to an activating group) is 1. The van der Waals surface area contributed by atoms with Gasteiger partial charge < -0.3 is 81.6 Å². The Balaban J connectivity index is 1.50. The van der Waals surface area contributed by atoms with E-state index >= 15 is 0 Å². The van der Waals surface area contributed by atoms with Crippen molar-refractivity contribution in [3.8, 4) is 0 Å². The van der Waals surface area contributed by atoms with E-state index in [-0.39, 0.29) is 24.9 Å². The number of hydrogen-bond donors (Lipinski definition) is 10. The van der Waals surface area contributed by atoms with Crippen LogP contribution in [0.1, 0.15) is 33.1 Å². The number of rotatable bonds is 10. The van der Waals surface area contributed by atoms with E-state index in [0.29, 0.717) is 12.8 Å². The molecule has 3 saturated heterocycles. The fourth-order valence-corrected chi connectivity index (χ4v) is 6.35. The van der Waals surface area contributed by atoms with Gasteiger partial charge in [0.15, 0.2) is 18.9 Å². The van der Waals surface area contributed by atoms with E-state index in [2.05, 4.69) is 5.32 Å². The monoisotopic (exact) mass is 610 g/mol.